The second kappa shape index (κ2) is 23.7. The Bertz CT molecular complexity index is 6290. The highest BCUT2D eigenvalue weighted by Gasteiger charge is 2.22. The van der Waals surface area contributed by atoms with E-state index in [-0.39, 0.29) is 0 Å². The predicted molar refractivity (Wildman–Crippen MR) is 398 cm³/mol. The second-order valence-electron chi connectivity index (χ2n) is 24.9. The lowest BCUT2D eigenvalue weighted by atomic mass is 9.95. The van der Waals surface area contributed by atoms with Gasteiger partial charge in [-0.05, 0) is 139 Å². The highest BCUT2D eigenvalue weighted by Crippen LogP contribution is 2.43. The molecule has 0 aliphatic heterocycles. The first-order valence-corrected chi connectivity index (χ1v) is 32.9. The van der Waals surface area contributed by atoms with Crippen molar-refractivity contribution in [2.24, 2.45) is 0 Å². The van der Waals surface area contributed by atoms with Crippen molar-refractivity contribution in [2.45, 2.75) is 0 Å². The molecule has 10 heteroatoms. The second-order valence-corrected chi connectivity index (χ2v) is 24.9. The van der Waals surface area contributed by atoms with Gasteiger partial charge in [0.15, 0.2) is 34.9 Å². The van der Waals surface area contributed by atoms with Crippen molar-refractivity contribution in [1.82, 2.24) is 34.9 Å². The minimum Gasteiger partial charge on any atom is -0.456 e. The molecule has 6 aromatic heterocycles. The van der Waals surface area contributed by atoms with Crippen molar-refractivity contribution in [3.63, 3.8) is 0 Å². The number of furan rings is 3. The van der Waals surface area contributed by atoms with Gasteiger partial charge in [0, 0.05) is 78.4 Å². The van der Waals surface area contributed by atoms with Crippen LogP contribution in [0.4, 0.5) is 0 Å². The van der Waals surface area contributed by atoms with Gasteiger partial charge in [0.2, 0.25) is 0 Å². The van der Waals surface area contributed by atoms with Crippen LogP contribution in [0.5, 0.6) is 0 Å². The monoisotopic (exact) mass is 1270 g/mol. The van der Waals surface area contributed by atoms with Crippen LogP contribution in [0.2, 0.25) is 0 Å². The first-order chi connectivity index (χ1) is 48.9. The van der Waals surface area contributed by atoms with Gasteiger partial charge in [0.25, 0.3) is 0 Å². The van der Waals surface area contributed by atoms with E-state index < -0.39 is 0 Å². The van der Waals surface area contributed by atoms with E-state index in [2.05, 4.69) is 260 Å². The smallest absolute Gasteiger partial charge is 0.164 e. The summed E-state index contributed by atoms with van der Waals surface area (Å²) in [5.74, 6) is 4.72. The largest absolute Gasteiger partial charge is 0.456 e. The standard InChI is InChI=1S/C89H53N7O3/c1-3-12-54(13-4-1)62-33-35-66-46-71(41-37-64(66)44-62)87-92-84(59-27-21-56(22-28-59)73-17-11-43-90-53-73)91-85(93-87)60-29-25-58(26-30-60)81-50-70-40-39-68(48-82(70)99-81)75-51-76-74-18-8-10-20-79(74)98-83(76)52-77(75)89-95-86(61-31-23-57(24-32-61)80-49-69-16-7-9-19-78(69)97-80)94-88(96-89)72-42-38-65-45-63(34-36-67(65)47-72)55-14-5-2-6-15-55/h1-53H. The van der Waals surface area contributed by atoms with Gasteiger partial charge in [-0.15, -0.1) is 0 Å². The van der Waals surface area contributed by atoms with E-state index in [9.17, 15) is 0 Å². The summed E-state index contributed by atoms with van der Waals surface area (Å²) in [7, 11) is 0. The molecule has 0 radical (unpaired) electrons. The maximum Gasteiger partial charge on any atom is 0.164 e. The molecule has 0 amide bonds. The van der Waals surface area contributed by atoms with E-state index in [1.807, 2.05) is 60.8 Å². The highest BCUT2D eigenvalue weighted by atomic mass is 16.3. The lowest BCUT2D eigenvalue weighted by molar-refractivity contribution is 0.631. The SMILES string of the molecule is c1ccc(-c2ccc3cc(-c4nc(-c5ccc(-c6cccnc6)cc5)nc(-c5ccc(-c6cc7ccc(-c8cc9c(cc8-c8nc(-c%10ccc(-c%11cc%12ccccc%12o%11)cc%10)nc(-c%10ccc%11cc(-c%12ccccc%12)ccc%11c%10)n8)oc8ccccc89)cc7o6)cc5)n4)ccc3c2)cc1. The molecule has 6 heterocycles. The maximum absolute atomic E-state index is 6.88. The van der Waals surface area contributed by atoms with Crippen LogP contribution in [0.3, 0.4) is 0 Å². The van der Waals surface area contributed by atoms with E-state index >= 15 is 0 Å². The summed E-state index contributed by atoms with van der Waals surface area (Å²) in [6.07, 6.45) is 3.65. The molecule has 19 rings (SSSR count). The molecular weight excluding hydrogens is 1220 g/mol. The summed E-state index contributed by atoms with van der Waals surface area (Å²) < 4.78 is 19.8. The van der Waals surface area contributed by atoms with Crippen LogP contribution in [-0.2, 0) is 0 Å². The van der Waals surface area contributed by atoms with E-state index in [1.165, 1.54) is 5.56 Å². The van der Waals surface area contributed by atoms with E-state index in [0.29, 0.717) is 46.3 Å². The molecule has 0 bridgehead atoms. The van der Waals surface area contributed by atoms with Crippen LogP contribution in [0.15, 0.2) is 335 Å². The Balaban J connectivity index is 0.694. The van der Waals surface area contributed by atoms with Gasteiger partial charge in [-0.25, -0.2) is 29.9 Å². The summed E-state index contributed by atoms with van der Waals surface area (Å²) in [5.41, 5.74) is 18.5. The highest BCUT2D eigenvalue weighted by molar-refractivity contribution is 6.09. The number of aromatic nitrogens is 7. The minimum atomic E-state index is 0.486. The summed E-state index contributed by atoms with van der Waals surface area (Å²) in [6.45, 7) is 0. The molecule has 0 aliphatic rings. The summed E-state index contributed by atoms with van der Waals surface area (Å²) in [5, 5.41) is 8.37. The van der Waals surface area contributed by atoms with Crippen molar-refractivity contribution in [1.29, 1.82) is 0 Å². The Labute approximate surface area is 567 Å². The molecule has 462 valence electrons. The Kier molecular flexibility index (Phi) is 13.6. The molecule has 0 fully saturated rings. The molecule has 0 unspecified atom stereocenters. The molecule has 0 saturated carbocycles. The summed E-state index contributed by atoms with van der Waals surface area (Å²) >= 11 is 0. The van der Waals surface area contributed by atoms with Gasteiger partial charge in [-0.2, -0.15) is 0 Å². The fourth-order valence-corrected chi connectivity index (χ4v) is 13.5. The van der Waals surface area contributed by atoms with Crippen LogP contribution in [0.25, 0.3) is 201 Å². The first-order valence-electron chi connectivity index (χ1n) is 32.9. The van der Waals surface area contributed by atoms with Crippen molar-refractivity contribution in [3.05, 3.63) is 322 Å². The number of hydrogen-bond donors (Lipinski definition) is 0. The molecule has 0 atom stereocenters. The molecule has 0 N–H and O–H groups in total. The fourth-order valence-electron chi connectivity index (χ4n) is 13.5. The molecule has 0 aliphatic carbocycles. The number of benzene rings is 13. The quantitative estimate of drug-likeness (QED) is 0.117. The van der Waals surface area contributed by atoms with Gasteiger partial charge < -0.3 is 13.3 Å². The van der Waals surface area contributed by atoms with Gasteiger partial charge in [0.05, 0.1) is 0 Å². The maximum atomic E-state index is 6.88. The third-order valence-corrected chi connectivity index (χ3v) is 18.7. The van der Waals surface area contributed by atoms with Crippen LogP contribution < -0.4 is 0 Å². The average Bonchev–Trinajstić information content (AvgIpc) is 1.65. The third kappa shape index (κ3) is 10.7. The van der Waals surface area contributed by atoms with Crippen molar-refractivity contribution >= 4 is 65.4 Å². The van der Waals surface area contributed by atoms with Crippen LogP contribution in [-0.4, -0.2) is 34.9 Å². The topological polar surface area (TPSA) is 130 Å². The molecule has 13 aromatic carbocycles. The molecule has 0 spiro atoms. The number of nitrogens with zero attached hydrogens (tertiary/aromatic N) is 7. The lowest BCUT2D eigenvalue weighted by Gasteiger charge is -2.13. The zero-order valence-electron chi connectivity index (χ0n) is 53.0. The first kappa shape index (κ1) is 56.9. The number of rotatable bonds is 12. The van der Waals surface area contributed by atoms with Crippen molar-refractivity contribution in [2.75, 3.05) is 0 Å². The van der Waals surface area contributed by atoms with Gasteiger partial charge in [-0.1, -0.05) is 237 Å². The summed E-state index contributed by atoms with van der Waals surface area (Å²) in [6, 6.07) is 107. The normalized spacial score (nSPS) is 11.6. The zero-order valence-corrected chi connectivity index (χ0v) is 53.0. The minimum absolute atomic E-state index is 0.486. The molecular formula is C89H53N7O3. The third-order valence-electron chi connectivity index (χ3n) is 18.7. The van der Waals surface area contributed by atoms with Crippen LogP contribution >= 0.6 is 0 Å². The van der Waals surface area contributed by atoms with Crippen LogP contribution in [0, 0.1) is 0 Å². The van der Waals surface area contributed by atoms with Gasteiger partial charge in [0.1, 0.15) is 33.9 Å². The Morgan fingerprint density at radius 2 is 0.596 bits per heavy atom. The van der Waals surface area contributed by atoms with Crippen molar-refractivity contribution in [3.8, 4) is 135 Å². The van der Waals surface area contributed by atoms with Crippen LogP contribution in [0.1, 0.15) is 0 Å². The number of para-hydroxylation sites is 2. The van der Waals surface area contributed by atoms with E-state index in [4.69, 9.17) is 43.2 Å². The fraction of sp³-hybridized carbons (Fsp3) is 0. The Morgan fingerprint density at radius 1 is 0.192 bits per heavy atom. The Morgan fingerprint density at radius 3 is 1.14 bits per heavy atom. The number of hydrogen-bond acceptors (Lipinski definition) is 10. The van der Waals surface area contributed by atoms with E-state index in [1.54, 1.807) is 6.20 Å². The number of pyridine rings is 1. The Hall–Kier alpha value is -13.6. The average molecular weight is 1270 g/mol. The number of fused-ring (bicyclic) bond motifs is 7. The van der Waals surface area contributed by atoms with Gasteiger partial charge >= 0.3 is 0 Å². The van der Waals surface area contributed by atoms with Crippen molar-refractivity contribution < 1.29 is 13.3 Å². The molecule has 19 aromatic rings. The zero-order chi connectivity index (χ0) is 65.3. The molecule has 10 nitrogen and oxygen atoms in total. The predicted octanol–water partition coefficient (Wildman–Crippen LogP) is 23.2. The van der Waals surface area contributed by atoms with E-state index in [0.717, 1.165) is 149 Å². The lowest BCUT2D eigenvalue weighted by Crippen LogP contribution is -2.01. The van der Waals surface area contributed by atoms with Gasteiger partial charge in [-0.3, -0.25) is 4.98 Å². The molecule has 99 heavy (non-hydrogen) atoms. The molecule has 0 saturated heterocycles. The summed E-state index contributed by atoms with van der Waals surface area (Å²) in [4.78, 5) is 35.9.